The van der Waals surface area contributed by atoms with E-state index in [1.807, 2.05) is 30.3 Å². The van der Waals surface area contributed by atoms with Gasteiger partial charge in [0.2, 0.25) is 17.7 Å². The number of nitro benzene ring substituents is 1. The molecule has 2 aromatic carbocycles. The summed E-state index contributed by atoms with van der Waals surface area (Å²) in [5.41, 5.74) is 1.36. The van der Waals surface area contributed by atoms with Gasteiger partial charge in [-0.05, 0) is 30.5 Å². The molecule has 1 aliphatic carbocycles. The molecule has 4 rings (SSSR count). The maximum absolute atomic E-state index is 12.7. The number of hydrogen-bond acceptors (Lipinski definition) is 6. The molecule has 0 saturated heterocycles. The highest BCUT2D eigenvalue weighted by atomic mass is 16.6. The second kappa shape index (κ2) is 8.05. The molecule has 0 radical (unpaired) electrons. The van der Waals surface area contributed by atoms with Crippen LogP contribution in [-0.2, 0) is 11.3 Å². The number of rotatable bonds is 7. The number of carbonyl (C=O) groups excluding carboxylic acids is 1. The summed E-state index contributed by atoms with van der Waals surface area (Å²) in [6.45, 7) is 0.199. The Hall–Kier alpha value is -3.81. The third kappa shape index (κ3) is 4.55. The molecule has 1 fully saturated rings. The van der Waals surface area contributed by atoms with Crippen molar-refractivity contribution < 1.29 is 14.1 Å². The SMILES string of the molecule is O=C(/C=C/c1ccccc1)N(Cc1nnc(-c2cccc([N+](=O)[O-])c2)o1)C1CC1. The Balaban J connectivity index is 1.48. The summed E-state index contributed by atoms with van der Waals surface area (Å²) in [5, 5.41) is 18.9. The number of non-ortho nitro benzene ring substituents is 1. The molecule has 0 spiro atoms. The molecule has 0 N–H and O–H groups in total. The van der Waals surface area contributed by atoms with Crippen molar-refractivity contribution in [1.29, 1.82) is 0 Å². The van der Waals surface area contributed by atoms with Crippen LogP contribution < -0.4 is 0 Å². The molecule has 0 atom stereocenters. The molecule has 3 aromatic rings. The molecular formula is C21H18N4O4. The minimum Gasteiger partial charge on any atom is -0.419 e. The highest BCUT2D eigenvalue weighted by molar-refractivity contribution is 5.92. The summed E-state index contributed by atoms with van der Waals surface area (Å²) in [4.78, 5) is 24.9. The Bertz CT molecular complexity index is 1060. The number of aromatic nitrogens is 2. The van der Waals surface area contributed by atoms with Crippen molar-refractivity contribution in [3.63, 3.8) is 0 Å². The molecule has 1 heterocycles. The molecule has 1 saturated carbocycles. The maximum Gasteiger partial charge on any atom is 0.270 e. The van der Waals surface area contributed by atoms with Crippen molar-refractivity contribution in [2.75, 3.05) is 0 Å². The summed E-state index contributed by atoms with van der Waals surface area (Å²) in [7, 11) is 0. The van der Waals surface area contributed by atoms with Gasteiger partial charge in [-0.3, -0.25) is 14.9 Å². The van der Waals surface area contributed by atoms with Gasteiger partial charge < -0.3 is 9.32 Å². The monoisotopic (exact) mass is 390 g/mol. The van der Waals surface area contributed by atoms with Gasteiger partial charge in [-0.2, -0.15) is 0 Å². The number of carbonyl (C=O) groups is 1. The van der Waals surface area contributed by atoms with Crippen molar-refractivity contribution in [3.8, 4) is 11.5 Å². The van der Waals surface area contributed by atoms with E-state index in [1.165, 1.54) is 12.1 Å². The lowest BCUT2D eigenvalue weighted by Crippen LogP contribution is -2.31. The number of benzene rings is 2. The van der Waals surface area contributed by atoms with Crippen LogP contribution >= 0.6 is 0 Å². The second-order valence-corrected chi connectivity index (χ2v) is 6.75. The van der Waals surface area contributed by atoms with Crippen molar-refractivity contribution in [2.45, 2.75) is 25.4 Å². The number of hydrogen-bond donors (Lipinski definition) is 0. The van der Waals surface area contributed by atoms with Gasteiger partial charge in [-0.1, -0.05) is 36.4 Å². The van der Waals surface area contributed by atoms with Crippen LogP contribution in [0.1, 0.15) is 24.3 Å². The molecule has 29 heavy (non-hydrogen) atoms. The Labute approximate surface area is 166 Å². The molecule has 8 nitrogen and oxygen atoms in total. The highest BCUT2D eigenvalue weighted by Crippen LogP contribution is 2.29. The zero-order chi connectivity index (χ0) is 20.2. The van der Waals surface area contributed by atoms with Gasteiger partial charge in [-0.25, -0.2) is 0 Å². The van der Waals surface area contributed by atoms with Gasteiger partial charge >= 0.3 is 0 Å². The van der Waals surface area contributed by atoms with Crippen molar-refractivity contribution in [2.24, 2.45) is 0 Å². The van der Waals surface area contributed by atoms with Gasteiger partial charge in [0, 0.05) is 29.8 Å². The van der Waals surface area contributed by atoms with E-state index in [0.29, 0.717) is 11.5 Å². The van der Waals surface area contributed by atoms with E-state index in [0.717, 1.165) is 18.4 Å². The lowest BCUT2D eigenvalue weighted by atomic mass is 10.2. The summed E-state index contributed by atoms with van der Waals surface area (Å²) >= 11 is 0. The van der Waals surface area contributed by atoms with Crippen LogP contribution in [0, 0.1) is 10.1 Å². The minimum absolute atomic E-state index is 0.0527. The van der Waals surface area contributed by atoms with E-state index in [4.69, 9.17) is 4.42 Å². The Kier molecular flexibility index (Phi) is 5.15. The zero-order valence-electron chi connectivity index (χ0n) is 15.5. The van der Waals surface area contributed by atoms with E-state index in [1.54, 1.807) is 29.2 Å². The molecule has 1 aliphatic rings. The predicted molar refractivity (Wildman–Crippen MR) is 105 cm³/mol. The first-order chi connectivity index (χ1) is 14.1. The van der Waals surface area contributed by atoms with Crippen LogP contribution in [-0.4, -0.2) is 32.0 Å². The minimum atomic E-state index is -0.479. The van der Waals surface area contributed by atoms with Gasteiger partial charge in [0.05, 0.1) is 11.5 Å². The lowest BCUT2D eigenvalue weighted by molar-refractivity contribution is -0.384. The third-order valence-electron chi connectivity index (χ3n) is 4.57. The molecule has 8 heteroatoms. The first kappa shape index (κ1) is 18.5. The fourth-order valence-electron chi connectivity index (χ4n) is 2.93. The maximum atomic E-state index is 12.7. The summed E-state index contributed by atoms with van der Waals surface area (Å²) in [6.07, 6.45) is 5.21. The fraction of sp³-hybridized carbons (Fsp3) is 0.190. The van der Waals surface area contributed by atoms with Gasteiger partial charge in [0.1, 0.15) is 0 Å². The molecule has 146 valence electrons. The molecule has 0 unspecified atom stereocenters. The zero-order valence-corrected chi connectivity index (χ0v) is 15.5. The number of nitrogens with zero attached hydrogens (tertiary/aromatic N) is 4. The Morgan fingerprint density at radius 3 is 2.69 bits per heavy atom. The normalized spacial score (nSPS) is 13.5. The van der Waals surface area contributed by atoms with E-state index in [2.05, 4.69) is 10.2 Å². The van der Waals surface area contributed by atoms with Crippen LogP contribution in [0.25, 0.3) is 17.5 Å². The molecule has 1 aromatic heterocycles. The van der Waals surface area contributed by atoms with Crippen LogP contribution in [0.4, 0.5) is 5.69 Å². The quantitative estimate of drug-likeness (QED) is 0.345. The second-order valence-electron chi connectivity index (χ2n) is 6.75. The summed E-state index contributed by atoms with van der Waals surface area (Å²) in [6, 6.07) is 15.8. The van der Waals surface area contributed by atoms with E-state index in [-0.39, 0.29) is 30.1 Å². The smallest absolute Gasteiger partial charge is 0.270 e. The van der Waals surface area contributed by atoms with E-state index >= 15 is 0 Å². The van der Waals surface area contributed by atoms with Crippen LogP contribution in [0.2, 0.25) is 0 Å². The number of nitro groups is 1. The van der Waals surface area contributed by atoms with Gasteiger partial charge in [0.25, 0.3) is 5.69 Å². The standard InChI is InChI=1S/C21H18N4O4/c26-20(12-9-15-5-2-1-3-6-15)24(17-10-11-17)14-19-22-23-21(29-19)16-7-4-8-18(13-16)25(27)28/h1-9,12-13,17H,10-11,14H2/b12-9+. The lowest BCUT2D eigenvalue weighted by Gasteiger charge is -2.18. The van der Waals surface area contributed by atoms with Crippen molar-refractivity contribution in [3.05, 3.63) is 82.2 Å². The van der Waals surface area contributed by atoms with Gasteiger partial charge in [-0.15, -0.1) is 10.2 Å². The number of amides is 1. The van der Waals surface area contributed by atoms with Crippen LogP contribution in [0.15, 0.2) is 65.1 Å². The molecule has 0 bridgehead atoms. The topological polar surface area (TPSA) is 102 Å². The third-order valence-corrected chi connectivity index (χ3v) is 4.57. The molecular weight excluding hydrogens is 372 g/mol. The van der Waals surface area contributed by atoms with E-state index < -0.39 is 4.92 Å². The van der Waals surface area contributed by atoms with Crippen molar-refractivity contribution >= 4 is 17.7 Å². The first-order valence-electron chi connectivity index (χ1n) is 9.21. The van der Waals surface area contributed by atoms with Gasteiger partial charge in [0.15, 0.2) is 0 Å². The van der Waals surface area contributed by atoms with Crippen LogP contribution in [0.5, 0.6) is 0 Å². The van der Waals surface area contributed by atoms with Crippen molar-refractivity contribution in [1.82, 2.24) is 15.1 Å². The Morgan fingerprint density at radius 2 is 1.97 bits per heavy atom. The summed E-state index contributed by atoms with van der Waals surface area (Å²) in [5.74, 6) is 0.359. The Morgan fingerprint density at radius 1 is 1.17 bits per heavy atom. The molecule has 0 aliphatic heterocycles. The summed E-state index contributed by atoms with van der Waals surface area (Å²) < 4.78 is 5.66. The first-order valence-corrected chi connectivity index (χ1v) is 9.21. The largest absolute Gasteiger partial charge is 0.419 e. The van der Waals surface area contributed by atoms with E-state index in [9.17, 15) is 14.9 Å². The average molecular weight is 390 g/mol. The fourth-order valence-corrected chi connectivity index (χ4v) is 2.93. The highest BCUT2D eigenvalue weighted by Gasteiger charge is 2.32. The van der Waals surface area contributed by atoms with Crippen LogP contribution in [0.3, 0.4) is 0 Å². The molecule has 1 amide bonds. The average Bonchev–Trinajstić information content (AvgIpc) is 3.48. The predicted octanol–water partition coefficient (Wildman–Crippen LogP) is 3.85.